The van der Waals surface area contributed by atoms with Gasteiger partial charge in [0.1, 0.15) is 0 Å². The van der Waals surface area contributed by atoms with E-state index in [4.69, 9.17) is 14.2 Å². The number of carbonyl (C=O) groups is 1. The summed E-state index contributed by atoms with van der Waals surface area (Å²) in [6, 6.07) is 16.0. The van der Waals surface area contributed by atoms with Crippen LogP contribution in [-0.2, 0) is 20.8 Å². The van der Waals surface area contributed by atoms with Gasteiger partial charge in [0.2, 0.25) is 0 Å². The summed E-state index contributed by atoms with van der Waals surface area (Å²) in [6.45, 7) is 5.74. The SMILES string of the molecule is CCOC(=O)c1ccc(-c2ccccc2)c(CN(CCOC)CCOC)c1. The third kappa shape index (κ3) is 6.47. The van der Waals surface area contributed by atoms with Crippen LogP contribution in [0.3, 0.4) is 0 Å². The van der Waals surface area contributed by atoms with Crippen LogP contribution in [-0.4, -0.2) is 58.0 Å². The summed E-state index contributed by atoms with van der Waals surface area (Å²) < 4.78 is 15.7. The van der Waals surface area contributed by atoms with E-state index in [0.717, 1.165) is 29.8 Å². The molecule has 2 rings (SSSR count). The molecule has 0 aliphatic rings. The molecule has 0 amide bonds. The van der Waals surface area contributed by atoms with Crippen molar-refractivity contribution in [2.45, 2.75) is 13.5 Å². The lowest BCUT2D eigenvalue weighted by Gasteiger charge is -2.23. The summed E-state index contributed by atoms with van der Waals surface area (Å²) in [6.07, 6.45) is 0. The summed E-state index contributed by atoms with van der Waals surface area (Å²) >= 11 is 0. The van der Waals surface area contributed by atoms with E-state index in [1.54, 1.807) is 14.2 Å². The van der Waals surface area contributed by atoms with Gasteiger partial charge in [-0.25, -0.2) is 4.79 Å². The van der Waals surface area contributed by atoms with E-state index >= 15 is 0 Å². The Labute approximate surface area is 161 Å². The smallest absolute Gasteiger partial charge is 0.338 e. The Balaban J connectivity index is 2.35. The molecule has 5 heteroatoms. The van der Waals surface area contributed by atoms with E-state index < -0.39 is 0 Å². The molecule has 0 unspecified atom stereocenters. The van der Waals surface area contributed by atoms with Gasteiger partial charge in [-0.05, 0) is 35.7 Å². The average molecular weight is 371 g/mol. The molecule has 0 aliphatic heterocycles. The van der Waals surface area contributed by atoms with E-state index in [1.165, 1.54) is 0 Å². The molecular formula is C22H29NO4. The summed E-state index contributed by atoms with van der Waals surface area (Å²) in [4.78, 5) is 14.5. The number of nitrogens with zero attached hydrogens (tertiary/aromatic N) is 1. The zero-order valence-corrected chi connectivity index (χ0v) is 16.4. The van der Waals surface area contributed by atoms with Gasteiger partial charge in [-0.1, -0.05) is 36.4 Å². The monoisotopic (exact) mass is 371 g/mol. The number of benzene rings is 2. The first-order chi connectivity index (χ1) is 13.2. The summed E-state index contributed by atoms with van der Waals surface area (Å²) in [7, 11) is 3.40. The van der Waals surface area contributed by atoms with Crippen LogP contribution in [0.4, 0.5) is 0 Å². The fourth-order valence-electron chi connectivity index (χ4n) is 2.92. The predicted molar refractivity (Wildman–Crippen MR) is 107 cm³/mol. The fourth-order valence-corrected chi connectivity index (χ4v) is 2.92. The number of rotatable bonds is 11. The third-order valence-electron chi connectivity index (χ3n) is 4.32. The number of ether oxygens (including phenoxy) is 3. The number of methoxy groups -OCH3 is 2. The molecule has 2 aromatic rings. The van der Waals surface area contributed by atoms with Crippen molar-refractivity contribution in [2.24, 2.45) is 0 Å². The van der Waals surface area contributed by atoms with Crippen molar-refractivity contribution in [1.29, 1.82) is 0 Å². The molecule has 0 atom stereocenters. The molecule has 0 aromatic heterocycles. The van der Waals surface area contributed by atoms with Crippen LogP contribution in [0.2, 0.25) is 0 Å². The first kappa shape index (κ1) is 21.1. The second-order valence-electron chi connectivity index (χ2n) is 6.22. The molecule has 0 saturated carbocycles. The van der Waals surface area contributed by atoms with Gasteiger partial charge in [-0.15, -0.1) is 0 Å². The normalized spacial score (nSPS) is 11.0. The van der Waals surface area contributed by atoms with Gasteiger partial charge >= 0.3 is 5.97 Å². The van der Waals surface area contributed by atoms with Crippen molar-refractivity contribution in [3.8, 4) is 11.1 Å². The van der Waals surface area contributed by atoms with Crippen LogP contribution < -0.4 is 0 Å². The van der Waals surface area contributed by atoms with E-state index in [0.29, 0.717) is 31.9 Å². The Morgan fingerprint density at radius 1 is 0.963 bits per heavy atom. The molecule has 0 bridgehead atoms. The number of hydrogen-bond donors (Lipinski definition) is 0. The maximum absolute atomic E-state index is 12.2. The van der Waals surface area contributed by atoms with E-state index in [1.807, 2.05) is 43.3 Å². The van der Waals surface area contributed by atoms with Gasteiger partial charge in [0, 0.05) is 33.9 Å². The molecule has 146 valence electrons. The number of hydrogen-bond acceptors (Lipinski definition) is 5. The van der Waals surface area contributed by atoms with Gasteiger partial charge in [-0.3, -0.25) is 4.90 Å². The Kier molecular flexibility index (Phi) is 8.98. The largest absolute Gasteiger partial charge is 0.462 e. The lowest BCUT2D eigenvalue weighted by atomic mass is 9.97. The third-order valence-corrected chi connectivity index (χ3v) is 4.32. The van der Waals surface area contributed by atoms with Crippen molar-refractivity contribution in [1.82, 2.24) is 4.90 Å². The molecule has 0 heterocycles. The Morgan fingerprint density at radius 2 is 1.63 bits per heavy atom. The number of esters is 1. The van der Waals surface area contributed by atoms with Crippen molar-refractivity contribution in [2.75, 3.05) is 47.1 Å². The minimum absolute atomic E-state index is 0.293. The Hall–Kier alpha value is -2.21. The minimum Gasteiger partial charge on any atom is -0.462 e. The van der Waals surface area contributed by atoms with Gasteiger partial charge in [0.25, 0.3) is 0 Å². The van der Waals surface area contributed by atoms with Crippen LogP contribution in [0, 0.1) is 0 Å². The highest BCUT2D eigenvalue weighted by atomic mass is 16.5. The van der Waals surface area contributed by atoms with Crippen molar-refractivity contribution < 1.29 is 19.0 Å². The van der Waals surface area contributed by atoms with E-state index in [-0.39, 0.29) is 5.97 Å². The summed E-state index contributed by atoms with van der Waals surface area (Å²) in [5.74, 6) is -0.293. The zero-order chi connectivity index (χ0) is 19.5. The molecule has 2 aromatic carbocycles. The molecule has 0 spiro atoms. The second-order valence-corrected chi connectivity index (χ2v) is 6.22. The predicted octanol–water partition coefficient (Wildman–Crippen LogP) is 3.63. The molecule has 0 saturated heterocycles. The first-order valence-corrected chi connectivity index (χ1v) is 9.25. The van der Waals surface area contributed by atoms with Crippen molar-refractivity contribution >= 4 is 5.97 Å². The summed E-state index contributed by atoms with van der Waals surface area (Å²) in [5, 5.41) is 0. The highest BCUT2D eigenvalue weighted by Gasteiger charge is 2.15. The van der Waals surface area contributed by atoms with Crippen molar-refractivity contribution in [3.05, 3.63) is 59.7 Å². The molecule has 0 fully saturated rings. The van der Waals surface area contributed by atoms with Gasteiger partial charge in [-0.2, -0.15) is 0 Å². The van der Waals surface area contributed by atoms with Crippen LogP contribution in [0.5, 0.6) is 0 Å². The second kappa shape index (κ2) is 11.5. The van der Waals surface area contributed by atoms with Gasteiger partial charge in [0.05, 0.1) is 25.4 Å². The highest BCUT2D eigenvalue weighted by Crippen LogP contribution is 2.26. The van der Waals surface area contributed by atoms with Crippen LogP contribution in [0.1, 0.15) is 22.8 Å². The molecule has 0 aliphatic carbocycles. The molecule has 0 radical (unpaired) electrons. The summed E-state index contributed by atoms with van der Waals surface area (Å²) in [5.41, 5.74) is 3.90. The maximum atomic E-state index is 12.2. The average Bonchev–Trinajstić information content (AvgIpc) is 2.70. The molecule has 27 heavy (non-hydrogen) atoms. The number of carbonyl (C=O) groups excluding carboxylic acids is 1. The zero-order valence-electron chi connectivity index (χ0n) is 16.4. The topological polar surface area (TPSA) is 48.0 Å². The maximum Gasteiger partial charge on any atom is 0.338 e. The molecule has 0 N–H and O–H groups in total. The lowest BCUT2D eigenvalue weighted by Crippen LogP contribution is -2.30. The first-order valence-electron chi connectivity index (χ1n) is 9.25. The standard InChI is InChI=1S/C22H29NO4/c1-4-27-22(24)19-10-11-21(18-8-6-5-7-9-18)20(16-19)17-23(12-14-25-2)13-15-26-3/h5-11,16H,4,12-15,17H2,1-3H3. The van der Waals surface area contributed by atoms with E-state index in [9.17, 15) is 4.79 Å². The van der Waals surface area contributed by atoms with Crippen molar-refractivity contribution in [3.63, 3.8) is 0 Å². The van der Waals surface area contributed by atoms with E-state index in [2.05, 4.69) is 17.0 Å². The molecule has 5 nitrogen and oxygen atoms in total. The Bertz CT molecular complexity index is 695. The van der Waals surface area contributed by atoms with Crippen LogP contribution in [0.25, 0.3) is 11.1 Å². The highest BCUT2D eigenvalue weighted by molar-refractivity contribution is 5.90. The fraction of sp³-hybridized carbons (Fsp3) is 0.409. The van der Waals surface area contributed by atoms with Crippen LogP contribution >= 0.6 is 0 Å². The van der Waals surface area contributed by atoms with Gasteiger partial charge in [0.15, 0.2) is 0 Å². The van der Waals surface area contributed by atoms with Crippen LogP contribution in [0.15, 0.2) is 48.5 Å². The van der Waals surface area contributed by atoms with Gasteiger partial charge < -0.3 is 14.2 Å². The Morgan fingerprint density at radius 3 is 2.22 bits per heavy atom. The molecular weight excluding hydrogens is 342 g/mol. The quantitative estimate of drug-likeness (QED) is 0.565. The lowest BCUT2D eigenvalue weighted by molar-refractivity contribution is 0.0526. The minimum atomic E-state index is -0.293.